The number of hydrogen-bond acceptors (Lipinski definition) is 4. The number of nitriles is 1. The van der Waals surface area contributed by atoms with Crippen LogP contribution in [0.2, 0.25) is 0 Å². The summed E-state index contributed by atoms with van der Waals surface area (Å²) >= 11 is 0. The van der Waals surface area contributed by atoms with E-state index in [0.717, 1.165) is 6.07 Å². The number of halogens is 1. The molecule has 0 aliphatic carbocycles. The van der Waals surface area contributed by atoms with Crippen LogP contribution in [-0.4, -0.2) is 18.4 Å². The highest BCUT2D eigenvalue weighted by Gasteiger charge is 2.17. The van der Waals surface area contributed by atoms with Crippen molar-refractivity contribution in [2.75, 3.05) is 0 Å². The number of H-pyrrole nitrogens is 1. The van der Waals surface area contributed by atoms with E-state index in [0.29, 0.717) is 12.2 Å². The van der Waals surface area contributed by atoms with E-state index < -0.39 is 15.8 Å². The first-order chi connectivity index (χ1) is 9.96. The Kier molecular flexibility index (Phi) is 4.35. The van der Waals surface area contributed by atoms with E-state index in [1.807, 2.05) is 13.0 Å². The van der Waals surface area contributed by atoms with E-state index in [1.54, 1.807) is 0 Å². The molecule has 0 aliphatic heterocycles. The summed E-state index contributed by atoms with van der Waals surface area (Å²) in [7, 11) is -3.78. The predicted octanol–water partition coefficient (Wildman–Crippen LogP) is 1.46. The Morgan fingerprint density at radius 2 is 2.24 bits per heavy atom. The van der Waals surface area contributed by atoms with Crippen molar-refractivity contribution in [2.24, 2.45) is 0 Å². The minimum absolute atomic E-state index is 0.0617. The Hall–Kier alpha value is -2.24. The summed E-state index contributed by atoms with van der Waals surface area (Å²) in [6.07, 6.45) is 1.80. The van der Waals surface area contributed by atoms with Gasteiger partial charge in [-0.3, -0.25) is 0 Å². The van der Waals surface area contributed by atoms with Crippen molar-refractivity contribution in [3.05, 3.63) is 47.2 Å². The largest absolute Gasteiger partial charge is 0.332 e. The van der Waals surface area contributed by atoms with Crippen molar-refractivity contribution in [3.63, 3.8) is 0 Å². The Morgan fingerprint density at radius 1 is 1.48 bits per heavy atom. The minimum Gasteiger partial charge on any atom is -0.332 e. The van der Waals surface area contributed by atoms with Crippen molar-refractivity contribution in [3.8, 4) is 6.07 Å². The molecular weight excluding hydrogens is 295 g/mol. The Balaban J connectivity index is 2.13. The molecule has 110 valence electrons. The number of hydrogen-bond donors (Lipinski definition) is 2. The lowest BCUT2D eigenvalue weighted by Crippen LogP contribution is -2.24. The molecule has 21 heavy (non-hydrogen) atoms. The van der Waals surface area contributed by atoms with E-state index in [-0.39, 0.29) is 22.7 Å². The number of nitrogens with zero attached hydrogens (tertiary/aromatic N) is 2. The quantitative estimate of drug-likeness (QED) is 0.873. The molecule has 2 rings (SSSR count). The molecule has 0 bridgehead atoms. The Morgan fingerprint density at radius 3 is 2.81 bits per heavy atom. The van der Waals surface area contributed by atoms with Crippen LogP contribution in [0.15, 0.2) is 29.4 Å². The van der Waals surface area contributed by atoms with Gasteiger partial charge in [0.2, 0.25) is 0 Å². The second kappa shape index (κ2) is 6.03. The Bertz CT molecular complexity index is 793. The van der Waals surface area contributed by atoms with Crippen LogP contribution in [0.4, 0.5) is 4.39 Å². The number of rotatable bonds is 5. The molecule has 0 radical (unpaired) electrons. The number of aromatic nitrogens is 2. The third kappa shape index (κ3) is 3.45. The third-order valence-corrected chi connectivity index (χ3v) is 4.18. The first kappa shape index (κ1) is 15.2. The van der Waals surface area contributed by atoms with E-state index in [2.05, 4.69) is 14.7 Å². The van der Waals surface area contributed by atoms with Crippen molar-refractivity contribution in [2.45, 2.75) is 24.9 Å². The number of aromatic amines is 1. The SMILES string of the molecule is CCc1ncc(S(=O)(=O)NCc2ccc(C#N)cc2F)[nH]1. The summed E-state index contributed by atoms with van der Waals surface area (Å²) < 4.78 is 40.0. The van der Waals surface area contributed by atoms with E-state index in [1.165, 1.54) is 18.3 Å². The lowest BCUT2D eigenvalue weighted by atomic mass is 10.1. The maximum Gasteiger partial charge on any atom is 0.257 e. The highest BCUT2D eigenvalue weighted by atomic mass is 32.2. The molecule has 8 heteroatoms. The fraction of sp³-hybridized carbons (Fsp3) is 0.231. The van der Waals surface area contributed by atoms with Gasteiger partial charge in [-0.25, -0.2) is 22.5 Å². The first-order valence-electron chi connectivity index (χ1n) is 6.18. The molecule has 1 heterocycles. The number of sulfonamides is 1. The van der Waals surface area contributed by atoms with Crippen LogP contribution in [0.1, 0.15) is 23.9 Å². The maximum absolute atomic E-state index is 13.7. The van der Waals surface area contributed by atoms with Crippen LogP contribution < -0.4 is 4.72 Å². The molecule has 0 saturated carbocycles. The monoisotopic (exact) mass is 308 g/mol. The standard InChI is InChI=1S/C13H13FN4O2S/c1-2-12-16-8-13(18-12)21(19,20)17-7-10-4-3-9(6-15)5-11(10)14/h3-5,8,17H,2,7H2,1H3,(H,16,18). The highest BCUT2D eigenvalue weighted by Crippen LogP contribution is 2.12. The number of imidazole rings is 1. The lowest BCUT2D eigenvalue weighted by molar-refractivity contribution is 0.571. The van der Waals surface area contributed by atoms with Gasteiger partial charge in [0.05, 0.1) is 17.8 Å². The van der Waals surface area contributed by atoms with Crippen LogP contribution in [0.5, 0.6) is 0 Å². The molecule has 0 aliphatic rings. The van der Waals surface area contributed by atoms with E-state index >= 15 is 0 Å². The van der Waals surface area contributed by atoms with Gasteiger partial charge in [-0.05, 0) is 12.1 Å². The normalized spacial score (nSPS) is 11.3. The second-order valence-electron chi connectivity index (χ2n) is 4.29. The van der Waals surface area contributed by atoms with Gasteiger partial charge in [-0.15, -0.1) is 0 Å². The average molecular weight is 308 g/mol. The van der Waals surface area contributed by atoms with Crippen molar-refractivity contribution < 1.29 is 12.8 Å². The summed E-state index contributed by atoms with van der Waals surface area (Å²) in [4.78, 5) is 6.59. The van der Waals surface area contributed by atoms with Gasteiger partial charge in [-0.2, -0.15) is 5.26 Å². The van der Waals surface area contributed by atoms with Crippen molar-refractivity contribution in [1.29, 1.82) is 5.26 Å². The Labute approximate surface area is 121 Å². The molecule has 0 fully saturated rings. The fourth-order valence-electron chi connectivity index (χ4n) is 1.67. The molecular formula is C13H13FN4O2S. The van der Waals surface area contributed by atoms with E-state index in [9.17, 15) is 12.8 Å². The molecule has 1 aromatic heterocycles. The second-order valence-corrected chi connectivity index (χ2v) is 6.03. The zero-order valence-corrected chi connectivity index (χ0v) is 12.0. The average Bonchev–Trinajstić information content (AvgIpc) is 2.95. The van der Waals surface area contributed by atoms with Crippen molar-refractivity contribution >= 4 is 10.0 Å². The van der Waals surface area contributed by atoms with Gasteiger partial charge in [0.1, 0.15) is 11.6 Å². The minimum atomic E-state index is -3.78. The summed E-state index contributed by atoms with van der Waals surface area (Å²) in [5.74, 6) is -0.0736. The molecule has 2 N–H and O–H groups in total. The van der Waals surface area contributed by atoms with Crippen LogP contribution in [0, 0.1) is 17.1 Å². The predicted molar refractivity (Wildman–Crippen MR) is 73.1 cm³/mol. The number of aryl methyl sites for hydroxylation is 1. The van der Waals surface area contributed by atoms with Crippen molar-refractivity contribution in [1.82, 2.24) is 14.7 Å². The zero-order valence-electron chi connectivity index (χ0n) is 11.2. The summed E-state index contributed by atoms with van der Waals surface area (Å²) in [5, 5.41) is 8.59. The molecule has 0 saturated heterocycles. The molecule has 1 aromatic carbocycles. The molecule has 0 amide bonds. The van der Waals surface area contributed by atoms with Gasteiger partial charge in [0, 0.05) is 18.5 Å². The molecule has 0 unspecified atom stereocenters. The van der Waals surface area contributed by atoms with E-state index in [4.69, 9.17) is 5.26 Å². The molecule has 0 spiro atoms. The molecule has 0 atom stereocenters. The van der Waals surface area contributed by atoms with Crippen LogP contribution in [0.25, 0.3) is 0 Å². The fourth-order valence-corrected chi connectivity index (χ4v) is 2.61. The summed E-state index contributed by atoms with van der Waals surface area (Å²) in [6.45, 7) is 1.63. The number of nitrogens with one attached hydrogen (secondary N) is 2. The number of benzene rings is 1. The van der Waals surface area contributed by atoms with Crippen LogP contribution in [-0.2, 0) is 23.0 Å². The summed E-state index contributed by atoms with van der Waals surface area (Å²) in [6, 6.07) is 5.68. The maximum atomic E-state index is 13.7. The van der Waals surface area contributed by atoms with Crippen LogP contribution in [0.3, 0.4) is 0 Å². The molecule has 6 nitrogen and oxygen atoms in total. The molecule has 2 aromatic rings. The van der Waals surface area contributed by atoms with Gasteiger partial charge in [-0.1, -0.05) is 13.0 Å². The smallest absolute Gasteiger partial charge is 0.257 e. The first-order valence-corrected chi connectivity index (χ1v) is 7.66. The zero-order chi connectivity index (χ0) is 15.5. The van der Waals surface area contributed by atoms with Gasteiger partial charge >= 0.3 is 0 Å². The van der Waals surface area contributed by atoms with Gasteiger partial charge in [0.25, 0.3) is 10.0 Å². The van der Waals surface area contributed by atoms with Gasteiger partial charge in [0.15, 0.2) is 5.03 Å². The van der Waals surface area contributed by atoms with Gasteiger partial charge < -0.3 is 4.98 Å². The highest BCUT2D eigenvalue weighted by molar-refractivity contribution is 7.89. The lowest BCUT2D eigenvalue weighted by Gasteiger charge is -2.06. The topological polar surface area (TPSA) is 98.6 Å². The summed E-state index contributed by atoms with van der Waals surface area (Å²) in [5.41, 5.74) is 0.341. The third-order valence-electron chi connectivity index (χ3n) is 2.86. The van der Waals surface area contributed by atoms with Crippen LogP contribution >= 0.6 is 0 Å².